The molecule has 0 bridgehead atoms. The van der Waals surface area contributed by atoms with Crippen molar-refractivity contribution in [2.24, 2.45) is 5.41 Å². The van der Waals surface area contributed by atoms with Crippen LogP contribution in [0.2, 0.25) is 5.02 Å². The number of hydrogen-bond acceptors (Lipinski definition) is 1. The van der Waals surface area contributed by atoms with Crippen LogP contribution in [0.4, 0.5) is 0 Å². The van der Waals surface area contributed by atoms with Gasteiger partial charge in [0.2, 0.25) is 0 Å². The zero-order chi connectivity index (χ0) is 15.0. The second-order valence-electron chi connectivity index (χ2n) is 6.72. The van der Waals surface area contributed by atoms with Crippen LogP contribution < -0.4 is 0 Å². The van der Waals surface area contributed by atoms with Crippen molar-refractivity contribution in [1.82, 2.24) is 9.55 Å². The highest BCUT2D eigenvalue weighted by Crippen LogP contribution is 2.45. The van der Waals surface area contributed by atoms with E-state index in [0.29, 0.717) is 11.9 Å². The smallest absolute Gasteiger partial charge is 0.111 e. The number of halogens is 2. The molecule has 1 heterocycles. The Bertz CT molecular complexity index is 646. The van der Waals surface area contributed by atoms with E-state index in [9.17, 15) is 0 Å². The van der Waals surface area contributed by atoms with Gasteiger partial charge in [-0.2, -0.15) is 0 Å². The van der Waals surface area contributed by atoms with Crippen LogP contribution >= 0.6 is 23.2 Å². The minimum atomic E-state index is 0.287. The lowest BCUT2D eigenvalue weighted by Gasteiger charge is -2.40. The Morgan fingerprint density at radius 1 is 1.33 bits per heavy atom. The summed E-state index contributed by atoms with van der Waals surface area (Å²) in [6, 6.07) is 6.46. The molecule has 2 aromatic rings. The fraction of sp³-hybridized carbons (Fsp3) is 0.588. The van der Waals surface area contributed by atoms with Crippen molar-refractivity contribution in [2.75, 3.05) is 5.88 Å². The van der Waals surface area contributed by atoms with Crippen LogP contribution in [-0.2, 0) is 6.42 Å². The van der Waals surface area contributed by atoms with E-state index in [1.165, 1.54) is 25.7 Å². The van der Waals surface area contributed by atoms with Crippen molar-refractivity contribution in [1.29, 1.82) is 0 Å². The molecule has 2 nitrogen and oxygen atoms in total. The molecule has 4 heteroatoms. The van der Waals surface area contributed by atoms with E-state index < -0.39 is 0 Å². The van der Waals surface area contributed by atoms with Crippen molar-refractivity contribution in [3.63, 3.8) is 0 Å². The number of rotatable bonds is 3. The van der Waals surface area contributed by atoms with E-state index in [4.69, 9.17) is 28.2 Å². The Kier molecular flexibility index (Phi) is 4.20. The number of imidazole rings is 1. The topological polar surface area (TPSA) is 17.8 Å². The lowest BCUT2D eigenvalue weighted by atomic mass is 9.73. The molecule has 1 aliphatic carbocycles. The molecule has 21 heavy (non-hydrogen) atoms. The van der Waals surface area contributed by atoms with Gasteiger partial charge in [0, 0.05) is 23.4 Å². The van der Waals surface area contributed by atoms with Crippen molar-refractivity contribution in [3.05, 3.63) is 29.0 Å². The summed E-state index contributed by atoms with van der Waals surface area (Å²) in [5.74, 6) is 1.70. The number of benzene rings is 1. The highest BCUT2D eigenvalue weighted by Gasteiger charge is 2.35. The van der Waals surface area contributed by atoms with E-state index in [0.717, 1.165) is 28.3 Å². The van der Waals surface area contributed by atoms with Gasteiger partial charge in [0.15, 0.2) is 0 Å². The van der Waals surface area contributed by atoms with E-state index in [1.807, 2.05) is 18.2 Å². The molecule has 0 spiro atoms. The average Bonchev–Trinajstić information content (AvgIpc) is 2.76. The zero-order valence-corrected chi connectivity index (χ0v) is 14.2. The fourth-order valence-corrected chi connectivity index (χ4v) is 4.01. The van der Waals surface area contributed by atoms with Gasteiger partial charge in [0.05, 0.1) is 11.0 Å². The molecule has 1 atom stereocenters. The largest absolute Gasteiger partial charge is 0.324 e. The minimum Gasteiger partial charge on any atom is -0.324 e. The molecule has 3 rings (SSSR count). The molecule has 0 N–H and O–H groups in total. The highest BCUT2D eigenvalue weighted by atomic mass is 35.5. The number of nitrogens with zero attached hydrogens (tertiary/aromatic N) is 2. The Balaban J connectivity index is 2.18. The standard InChI is InChI=1S/C17H22Cl2N2/c1-17(2)9-4-3-5-15(17)21-14-11-12(19)6-7-13(14)20-16(21)8-10-18/h6-7,11,15H,3-5,8-10H2,1-2H3. The maximum Gasteiger partial charge on any atom is 0.111 e. The van der Waals surface area contributed by atoms with E-state index in [1.54, 1.807) is 0 Å². The predicted octanol–water partition coefficient (Wildman–Crippen LogP) is 5.61. The summed E-state index contributed by atoms with van der Waals surface area (Å²) in [6.07, 6.45) is 5.88. The number of fused-ring (bicyclic) bond motifs is 1. The SMILES string of the molecule is CC1(C)CCCCC1n1c(CCCl)nc2ccc(Cl)cc21. The maximum absolute atomic E-state index is 6.22. The van der Waals surface area contributed by atoms with Crippen LogP contribution in [0.3, 0.4) is 0 Å². The Labute approximate surface area is 136 Å². The van der Waals surface area contributed by atoms with Gasteiger partial charge in [-0.25, -0.2) is 4.98 Å². The van der Waals surface area contributed by atoms with E-state index >= 15 is 0 Å². The van der Waals surface area contributed by atoms with E-state index in [2.05, 4.69) is 18.4 Å². The second kappa shape index (κ2) is 5.81. The lowest BCUT2D eigenvalue weighted by molar-refractivity contribution is 0.145. The van der Waals surface area contributed by atoms with Gasteiger partial charge in [-0.05, 0) is 36.5 Å². The first-order chi connectivity index (χ1) is 10.0. The number of aryl methyl sites for hydroxylation is 1. The molecular formula is C17H22Cl2N2. The third kappa shape index (κ3) is 2.80. The quantitative estimate of drug-likeness (QED) is 0.670. The third-order valence-electron chi connectivity index (χ3n) is 4.81. The maximum atomic E-state index is 6.22. The van der Waals surface area contributed by atoms with E-state index in [-0.39, 0.29) is 5.41 Å². The molecule has 1 aromatic heterocycles. The molecular weight excluding hydrogens is 303 g/mol. The summed E-state index contributed by atoms with van der Waals surface area (Å²) in [6.45, 7) is 4.75. The van der Waals surface area contributed by atoms with Gasteiger partial charge in [-0.15, -0.1) is 11.6 Å². The van der Waals surface area contributed by atoms with Gasteiger partial charge in [0.1, 0.15) is 5.82 Å². The first-order valence-corrected chi connectivity index (χ1v) is 8.66. The Hall–Kier alpha value is -0.730. The first-order valence-electron chi connectivity index (χ1n) is 7.75. The fourth-order valence-electron chi connectivity index (χ4n) is 3.68. The van der Waals surface area contributed by atoms with Gasteiger partial charge in [-0.1, -0.05) is 38.3 Å². The average molecular weight is 325 g/mol. The van der Waals surface area contributed by atoms with Crippen LogP contribution in [0.5, 0.6) is 0 Å². The Morgan fingerprint density at radius 3 is 2.86 bits per heavy atom. The molecule has 114 valence electrons. The van der Waals surface area contributed by atoms with Gasteiger partial charge in [-0.3, -0.25) is 0 Å². The van der Waals surface area contributed by atoms with Crippen LogP contribution in [0, 0.1) is 5.41 Å². The summed E-state index contributed by atoms with van der Waals surface area (Å²) in [4.78, 5) is 4.80. The number of alkyl halides is 1. The molecule has 1 unspecified atom stereocenters. The zero-order valence-electron chi connectivity index (χ0n) is 12.7. The summed E-state index contributed by atoms with van der Waals surface area (Å²) in [7, 11) is 0. The van der Waals surface area contributed by atoms with Crippen LogP contribution in [0.1, 0.15) is 51.4 Å². The monoisotopic (exact) mass is 324 g/mol. The predicted molar refractivity (Wildman–Crippen MR) is 90.5 cm³/mol. The molecule has 0 saturated heterocycles. The van der Waals surface area contributed by atoms with Crippen molar-refractivity contribution >= 4 is 34.2 Å². The first kappa shape index (κ1) is 15.2. The normalized spacial score (nSPS) is 21.8. The molecule has 0 amide bonds. The summed E-state index contributed by atoms with van der Waals surface area (Å²) in [5.41, 5.74) is 2.47. The van der Waals surface area contributed by atoms with Gasteiger partial charge >= 0.3 is 0 Å². The number of hydrogen-bond donors (Lipinski definition) is 0. The summed E-state index contributed by atoms with van der Waals surface area (Å²) < 4.78 is 2.42. The second-order valence-corrected chi connectivity index (χ2v) is 7.53. The van der Waals surface area contributed by atoms with Crippen molar-refractivity contribution < 1.29 is 0 Å². The Morgan fingerprint density at radius 2 is 2.14 bits per heavy atom. The third-order valence-corrected chi connectivity index (χ3v) is 5.23. The molecule has 1 aliphatic rings. The molecule has 1 aromatic carbocycles. The summed E-state index contributed by atoms with van der Waals surface area (Å²) in [5, 5.41) is 0.773. The molecule has 1 saturated carbocycles. The number of aromatic nitrogens is 2. The van der Waals surface area contributed by atoms with Crippen molar-refractivity contribution in [2.45, 2.75) is 52.0 Å². The minimum absolute atomic E-state index is 0.287. The van der Waals surface area contributed by atoms with Crippen LogP contribution in [-0.4, -0.2) is 15.4 Å². The van der Waals surface area contributed by atoms with Crippen LogP contribution in [0.25, 0.3) is 11.0 Å². The van der Waals surface area contributed by atoms with Gasteiger partial charge in [0.25, 0.3) is 0 Å². The lowest BCUT2D eigenvalue weighted by Crippen LogP contribution is -2.31. The summed E-state index contributed by atoms with van der Waals surface area (Å²) >= 11 is 12.2. The van der Waals surface area contributed by atoms with Crippen molar-refractivity contribution in [3.8, 4) is 0 Å². The molecule has 0 radical (unpaired) electrons. The molecule has 0 aliphatic heterocycles. The van der Waals surface area contributed by atoms with Crippen LogP contribution in [0.15, 0.2) is 18.2 Å². The molecule has 1 fully saturated rings. The van der Waals surface area contributed by atoms with Gasteiger partial charge < -0.3 is 4.57 Å². The highest BCUT2D eigenvalue weighted by molar-refractivity contribution is 6.31.